The van der Waals surface area contributed by atoms with Gasteiger partial charge in [0.2, 0.25) is 0 Å². The summed E-state index contributed by atoms with van der Waals surface area (Å²) in [7, 11) is -2.03. The zero-order valence-corrected chi connectivity index (χ0v) is 17.4. The summed E-state index contributed by atoms with van der Waals surface area (Å²) in [6.45, 7) is 0.0923. The van der Waals surface area contributed by atoms with Crippen LogP contribution >= 0.6 is 0 Å². The molecule has 0 spiro atoms. The highest BCUT2D eigenvalue weighted by atomic mass is 32.2. The maximum atomic E-state index is 13.3. The minimum atomic E-state index is -4.28. The van der Waals surface area contributed by atoms with Crippen molar-refractivity contribution in [1.29, 1.82) is 0 Å². The van der Waals surface area contributed by atoms with Gasteiger partial charge in [-0.15, -0.1) is 0 Å². The number of fused-ring (bicyclic) bond motifs is 1. The van der Waals surface area contributed by atoms with Crippen LogP contribution in [0.2, 0.25) is 0 Å². The summed E-state index contributed by atoms with van der Waals surface area (Å²) in [5.41, 5.74) is 1.21. The molecule has 30 heavy (non-hydrogen) atoms. The summed E-state index contributed by atoms with van der Waals surface area (Å²) in [6, 6.07) is 17.1. The van der Waals surface area contributed by atoms with Crippen molar-refractivity contribution < 1.29 is 27.5 Å². The van der Waals surface area contributed by atoms with Crippen molar-refractivity contribution in [3.8, 4) is 0 Å². The van der Waals surface area contributed by atoms with Crippen LogP contribution in [0.3, 0.4) is 0 Å². The van der Waals surface area contributed by atoms with Crippen LogP contribution in [0.15, 0.2) is 60.7 Å². The molecule has 0 unspecified atom stereocenters. The van der Waals surface area contributed by atoms with Crippen LogP contribution in [0.25, 0.3) is 0 Å². The molecule has 2 fully saturated rings. The van der Waals surface area contributed by atoms with E-state index in [1.165, 1.54) is 11.4 Å². The Morgan fingerprint density at radius 1 is 0.933 bits per heavy atom. The van der Waals surface area contributed by atoms with E-state index in [1.807, 2.05) is 60.7 Å². The lowest BCUT2D eigenvalue weighted by molar-refractivity contribution is -0.145. The predicted molar refractivity (Wildman–Crippen MR) is 108 cm³/mol. The number of hydrogen-bond donors (Lipinski definition) is 0. The second-order valence-corrected chi connectivity index (χ2v) is 9.13. The minimum absolute atomic E-state index is 0.0923. The van der Waals surface area contributed by atoms with Crippen LogP contribution in [0, 0.1) is 0 Å². The van der Waals surface area contributed by atoms with E-state index in [0.717, 1.165) is 18.2 Å². The number of methoxy groups -OCH3 is 2. The summed E-state index contributed by atoms with van der Waals surface area (Å²) in [5.74, 6) is -0.798. The molecule has 2 saturated heterocycles. The van der Waals surface area contributed by atoms with E-state index in [-0.39, 0.29) is 6.54 Å². The SMILES string of the molecule is COC(=O)[C@@H]1[C@@H]2CC(c3ccccc3)(c3ccccc3)CN2S(=O)(=O)N1C(=O)OC. The normalized spacial score (nSPS) is 24.3. The third kappa shape index (κ3) is 2.88. The average molecular weight is 430 g/mol. The summed E-state index contributed by atoms with van der Waals surface area (Å²) < 4.78 is 37.8. The molecule has 158 valence electrons. The molecule has 2 heterocycles. The topological polar surface area (TPSA) is 93.2 Å². The highest BCUT2D eigenvalue weighted by Crippen LogP contribution is 2.49. The van der Waals surface area contributed by atoms with Gasteiger partial charge in [0, 0.05) is 12.0 Å². The first-order valence-electron chi connectivity index (χ1n) is 9.45. The number of carbonyl (C=O) groups is 2. The molecule has 0 bridgehead atoms. The molecule has 8 nitrogen and oxygen atoms in total. The first-order chi connectivity index (χ1) is 14.4. The fourth-order valence-electron chi connectivity index (χ4n) is 4.61. The molecular weight excluding hydrogens is 408 g/mol. The molecule has 2 atom stereocenters. The van der Waals surface area contributed by atoms with Crippen molar-refractivity contribution in [2.75, 3.05) is 20.8 Å². The average Bonchev–Trinajstić information content (AvgIpc) is 3.28. The van der Waals surface area contributed by atoms with E-state index in [1.54, 1.807) is 0 Å². The molecule has 1 amide bonds. The van der Waals surface area contributed by atoms with E-state index in [4.69, 9.17) is 4.74 Å². The Morgan fingerprint density at radius 3 is 1.93 bits per heavy atom. The van der Waals surface area contributed by atoms with Crippen LogP contribution in [-0.4, -0.2) is 61.9 Å². The third-order valence-corrected chi connectivity index (χ3v) is 7.83. The number of amides is 1. The Morgan fingerprint density at radius 2 is 1.47 bits per heavy atom. The largest absolute Gasteiger partial charge is 0.467 e. The molecule has 0 N–H and O–H groups in total. The summed E-state index contributed by atoms with van der Waals surface area (Å²) in [6.07, 6.45) is -0.794. The smallest absolute Gasteiger partial charge is 0.425 e. The van der Waals surface area contributed by atoms with Crippen molar-refractivity contribution in [3.05, 3.63) is 71.8 Å². The minimum Gasteiger partial charge on any atom is -0.467 e. The van der Waals surface area contributed by atoms with E-state index in [0.29, 0.717) is 10.7 Å². The number of hydrogen-bond acceptors (Lipinski definition) is 6. The van der Waals surface area contributed by atoms with E-state index in [9.17, 15) is 18.0 Å². The van der Waals surface area contributed by atoms with Crippen LogP contribution < -0.4 is 0 Å². The summed E-state index contributed by atoms with van der Waals surface area (Å²) in [5, 5.41) is 0. The zero-order valence-electron chi connectivity index (χ0n) is 16.6. The molecule has 2 aliphatic heterocycles. The lowest BCUT2D eigenvalue weighted by Gasteiger charge is -2.32. The van der Waals surface area contributed by atoms with Gasteiger partial charge in [-0.05, 0) is 17.5 Å². The van der Waals surface area contributed by atoms with Crippen LogP contribution in [0.1, 0.15) is 17.5 Å². The van der Waals surface area contributed by atoms with Gasteiger partial charge in [0.25, 0.3) is 0 Å². The van der Waals surface area contributed by atoms with Crippen molar-refractivity contribution in [1.82, 2.24) is 8.61 Å². The standard InChI is InChI=1S/C21H22N2O6S/c1-28-19(24)18-17-13-21(15-9-5-3-6-10-15,16-11-7-4-8-12-16)14-22(17)30(26,27)23(18)20(25)29-2/h3-12,17-18H,13-14H2,1-2H3/t17-,18-/m0/s1. The first-order valence-corrected chi connectivity index (χ1v) is 10.8. The van der Waals surface area contributed by atoms with Crippen LogP contribution in [0.4, 0.5) is 4.79 Å². The van der Waals surface area contributed by atoms with Crippen molar-refractivity contribution in [2.45, 2.75) is 23.9 Å². The van der Waals surface area contributed by atoms with Crippen molar-refractivity contribution in [2.24, 2.45) is 0 Å². The maximum absolute atomic E-state index is 13.3. The number of benzene rings is 2. The van der Waals surface area contributed by atoms with Gasteiger partial charge in [-0.3, -0.25) is 0 Å². The van der Waals surface area contributed by atoms with Gasteiger partial charge in [-0.1, -0.05) is 60.7 Å². The van der Waals surface area contributed by atoms with Gasteiger partial charge in [0.15, 0.2) is 6.04 Å². The van der Waals surface area contributed by atoms with Gasteiger partial charge in [0.1, 0.15) is 0 Å². The predicted octanol–water partition coefficient (Wildman–Crippen LogP) is 1.92. The van der Waals surface area contributed by atoms with Crippen molar-refractivity contribution >= 4 is 22.3 Å². The molecule has 4 rings (SSSR count). The quantitative estimate of drug-likeness (QED) is 0.691. The van der Waals surface area contributed by atoms with E-state index < -0.39 is 39.8 Å². The number of ether oxygens (including phenoxy) is 2. The van der Waals surface area contributed by atoms with Gasteiger partial charge in [-0.2, -0.15) is 17.0 Å². The van der Waals surface area contributed by atoms with Crippen LogP contribution in [-0.2, 0) is 29.9 Å². The molecular formula is C21H22N2O6S. The Kier molecular flexibility index (Phi) is 5.03. The van der Waals surface area contributed by atoms with Crippen molar-refractivity contribution in [3.63, 3.8) is 0 Å². The molecule has 2 aliphatic rings. The van der Waals surface area contributed by atoms with Gasteiger partial charge < -0.3 is 9.47 Å². The highest BCUT2D eigenvalue weighted by molar-refractivity contribution is 7.87. The lowest BCUT2D eigenvalue weighted by Crippen LogP contribution is -2.48. The molecule has 9 heteroatoms. The Hall–Kier alpha value is -2.91. The number of esters is 1. The Balaban J connectivity index is 1.88. The Labute approximate surface area is 175 Å². The summed E-state index contributed by atoms with van der Waals surface area (Å²) >= 11 is 0. The maximum Gasteiger partial charge on any atom is 0.425 e. The molecule has 2 aromatic rings. The molecule has 0 saturated carbocycles. The van der Waals surface area contributed by atoms with E-state index >= 15 is 0 Å². The number of nitrogens with zero attached hydrogens (tertiary/aromatic N) is 2. The highest BCUT2D eigenvalue weighted by Gasteiger charge is 2.64. The fourth-order valence-corrected chi connectivity index (χ4v) is 6.53. The molecule has 0 aliphatic carbocycles. The molecule has 0 aromatic heterocycles. The number of carbonyl (C=O) groups excluding carboxylic acids is 2. The zero-order chi connectivity index (χ0) is 21.5. The van der Waals surface area contributed by atoms with Gasteiger partial charge in [-0.25, -0.2) is 9.59 Å². The third-order valence-electron chi connectivity index (χ3n) is 5.97. The second kappa shape index (κ2) is 7.41. The number of rotatable bonds is 3. The van der Waals surface area contributed by atoms with Gasteiger partial charge >= 0.3 is 22.3 Å². The lowest BCUT2D eigenvalue weighted by atomic mass is 9.72. The first kappa shape index (κ1) is 20.4. The van der Waals surface area contributed by atoms with Crippen LogP contribution in [0.5, 0.6) is 0 Å². The van der Waals surface area contributed by atoms with E-state index in [2.05, 4.69) is 4.74 Å². The Bertz CT molecular complexity index is 1020. The molecule has 0 radical (unpaired) electrons. The fraction of sp³-hybridized carbons (Fsp3) is 0.333. The summed E-state index contributed by atoms with van der Waals surface area (Å²) in [4.78, 5) is 24.9. The second-order valence-electron chi connectivity index (χ2n) is 7.37. The monoisotopic (exact) mass is 430 g/mol. The van der Waals surface area contributed by atoms with Gasteiger partial charge in [0.05, 0.1) is 20.3 Å². The molecule has 2 aromatic carbocycles.